The molecule has 2 rings (SSSR count). The summed E-state index contributed by atoms with van der Waals surface area (Å²) in [6, 6.07) is 5.86. The zero-order chi connectivity index (χ0) is 14.7. The van der Waals surface area contributed by atoms with Crippen molar-refractivity contribution in [2.75, 3.05) is 5.75 Å². The van der Waals surface area contributed by atoms with E-state index in [1.807, 2.05) is 0 Å². The Morgan fingerprint density at radius 3 is 2.30 bits per heavy atom. The first-order chi connectivity index (χ1) is 9.47. The number of nitrogens with two attached hydrogens (primary N) is 1. The van der Waals surface area contributed by atoms with Gasteiger partial charge in [-0.1, -0.05) is 6.07 Å². The molecule has 0 aliphatic rings. The lowest BCUT2D eigenvalue weighted by Crippen LogP contribution is -2.13. The summed E-state index contributed by atoms with van der Waals surface area (Å²) >= 11 is 1.02. The smallest absolute Gasteiger partial charge is 0.159 e. The first kappa shape index (κ1) is 14.9. The fourth-order valence-corrected chi connectivity index (χ4v) is 2.56. The van der Waals surface area contributed by atoms with Crippen LogP contribution in [0.1, 0.15) is 11.6 Å². The van der Waals surface area contributed by atoms with Crippen molar-refractivity contribution in [2.45, 2.75) is 10.9 Å². The van der Waals surface area contributed by atoms with Crippen LogP contribution in [0.5, 0.6) is 0 Å². The van der Waals surface area contributed by atoms with Crippen molar-refractivity contribution in [2.24, 2.45) is 5.73 Å². The topological polar surface area (TPSA) is 26.0 Å². The van der Waals surface area contributed by atoms with Gasteiger partial charge in [-0.15, -0.1) is 11.8 Å². The molecule has 1 nitrogen and oxygen atoms in total. The Balaban J connectivity index is 2.06. The lowest BCUT2D eigenvalue weighted by atomic mass is 10.1. The molecule has 0 bridgehead atoms. The molecule has 2 aromatic rings. The summed E-state index contributed by atoms with van der Waals surface area (Å²) in [4.78, 5) is 0.128. The van der Waals surface area contributed by atoms with Crippen LogP contribution in [0.4, 0.5) is 17.6 Å². The van der Waals surface area contributed by atoms with E-state index in [1.54, 1.807) is 0 Å². The first-order valence-corrected chi connectivity index (χ1v) is 6.74. The molecule has 0 fully saturated rings. The average Bonchev–Trinajstić information content (AvgIpc) is 2.42. The second kappa shape index (κ2) is 6.28. The molecule has 1 unspecified atom stereocenters. The van der Waals surface area contributed by atoms with Crippen molar-refractivity contribution < 1.29 is 17.6 Å². The molecule has 0 aromatic heterocycles. The van der Waals surface area contributed by atoms with Crippen LogP contribution >= 0.6 is 11.8 Å². The second-order valence-electron chi connectivity index (χ2n) is 4.17. The van der Waals surface area contributed by atoms with Gasteiger partial charge in [0, 0.05) is 16.7 Å². The summed E-state index contributed by atoms with van der Waals surface area (Å²) in [5.41, 5.74) is 6.22. The maximum Gasteiger partial charge on any atom is 0.159 e. The largest absolute Gasteiger partial charge is 0.323 e. The van der Waals surface area contributed by atoms with E-state index < -0.39 is 29.3 Å². The second-order valence-corrected chi connectivity index (χ2v) is 5.23. The Hall–Kier alpha value is -1.53. The summed E-state index contributed by atoms with van der Waals surface area (Å²) in [6.45, 7) is 0. The maximum absolute atomic E-state index is 13.4. The number of thioether (sulfide) groups is 1. The predicted octanol–water partition coefficient (Wildman–Crippen LogP) is 4.04. The summed E-state index contributed by atoms with van der Waals surface area (Å²) in [7, 11) is 0. The van der Waals surface area contributed by atoms with Crippen LogP contribution in [-0.2, 0) is 0 Å². The molecule has 2 N–H and O–H groups in total. The molecule has 1 atom stereocenters. The lowest BCUT2D eigenvalue weighted by molar-refractivity contribution is 0.506. The van der Waals surface area contributed by atoms with Crippen LogP contribution < -0.4 is 5.73 Å². The molecule has 0 heterocycles. The fraction of sp³-hybridized carbons (Fsp3) is 0.143. The summed E-state index contributed by atoms with van der Waals surface area (Å²) in [5.74, 6) is -2.82. The Morgan fingerprint density at radius 2 is 1.60 bits per heavy atom. The van der Waals surface area contributed by atoms with Crippen LogP contribution in [0.25, 0.3) is 0 Å². The minimum Gasteiger partial charge on any atom is -0.323 e. The van der Waals surface area contributed by atoms with Crippen molar-refractivity contribution in [1.82, 2.24) is 0 Å². The third-order valence-corrected chi connectivity index (χ3v) is 3.83. The van der Waals surface area contributed by atoms with Gasteiger partial charge in [-0.3, -0.25) is 0 Å². The molecule has 6 heteroatoms. The number of hydrogen-bond acceptors (Lipinski definition) is 2. The molecule has 2 aromatic carbocycles. The van der Waals surface area contributed by atoms with Crippen molar-refractivity contribution >= 4 is 11.8 Å². The minimum atomic E-state index is -0.986. The maximum atomic E-state index is 13.4. The summed E-state index contributed by atoms with van der Waals surface area (Å²) in [5, 5.41) is 0. The normalized spacial score (nSPS) is 12.4. The number of benzene rings is 2. The van der Waals surface area contributed by atoms with Crippen LogP contribution in [0.3, 0.4) is 0 Å². The molecular weight excluding hydrogens is 290 g/mol. The Morgan fingerprint density at radius 1 is 0.900 bits per heavy atom. The van der Waals surface area contributed by atoms with Crippen LogP contribution in [0.15, 0.2) is 41.3 Å². The van der Waals surface area contributed by atoms with E-state index in [0.29, 0.717) is 5.56 Å². The third-order valence-electron chi connectivity index (χ3n) is 2.68. The molecule has 106 valence electrons. The van der Waals surface area contributed by atoms with Gasteiger partial charge in [0.15, 0.2) is 11.6 Å². The quantitative estimate of drug-likeness (QED) is 0.681. The molecule has 0 aliphatic heterocycles. The zero-order valence-corrected chi connectivity index (χ0v) is 11.1. The first-order valence-electron chi connectivity index (χ1n) is 5.76. The minimum absolute atomic E-state index is 0.128. The van der Waals surface area contributed by atoms with Crippen molar-refractivity contribution in [3.8, 4) is 0 Å². The molecule has 0 aliphatic carbocycles. The van der Waals surface area contributed by atoms with Crippen LogP contribution in [0, 0.1) is 23.3 Å². The molecule has 20 heavy (non-hydrogen) atoms. The average molecular weight is 301 g/mol. The van der Waals surface area contributed by atoms with Gasteiger partial charge in [0.05, 0.1) is 0 Å². The number of rotatable bonds is 4. The van der Waals surface area contributed by atoms with E-state index in [4.69, 9.17) is 5.73 Å². The number of halogens is 4. The lowest BCUT2D eigenvalue weighted by Gasteiger charge is -2.12. The Bertz CT molecular complexity index is 618. The van der Waals surface area contributed by atoms with Gasteiger partial charge in [0.1, 0.15) is 11.6 Å². The van der Waals surface area contributed by atoms with E-state index >= 15 is 0 Å². The van der Waals surface area contributed by atoms with Crippen molar-refractivity contribution in [3.63, 3.8) is 0 Å². The summed E-state index contributed by atoms with van der Waals surface area (Å²) in [6.07, 6.45) is 0. The molecule has 0 saturated carbocycles. The highest BCUT2D eigenvalue weighted by atomic mass is 32.2. The van der Waals surface area contributed by atoms with Gasteiger partial charge >= 0.3 is 0 Å². The highest BCUT2D eigenvalue weighted by Crippen LogP contribution is 2.27. The zero-order valence-electron chi connectivity index (χ0n) is 10.2. The van der Waals surface area contributed by atoms with Gasteiger partial charge in [-0.25, -0.2) is 17.6 Å². The van der Waals surface area contributed by atoms with Gasteiger partial charge in [-0.2, -0.15) is 0 Å². The SMILES string of the molecule is NC(CSc1cc(F)ccc1F)c1ccc(F)c(F)c1. The molecule has 0 spiro atoms. The van der Waals surface area contributed by atoms with Gasteiger partial charge in [0.2, 0.25) is 0 Å². The molecular formula is C14H11F4NS. The monoisotopic (exact) mass is 301 g/mol. The molecule has 0 amide bonds. The van der Waals surface area contributed by atoms with Crippen molar-refractivity contribution in [1.29, 1.82) is 0 Å². The molecule has 0 radical (unpaired) electrons. The molecule has 0 saturated heterocycles. The highest BCUT2D eigenvalue weighted by molar-refractivity contribution is 7.99. The Labute approximate surface area is 117 Å². The van der Waals surface area contributed by atoms with E-state index in [0.717, 1.165) is 42.1 Å². The van der Waals surface area contributed by atoms with Crippen LogP contribution in [-0.4, -0.2) is 5.75 Å². The van der Waals surface area contributed by atoms with Gasteiger partial charge in [-0.05, 0) is 35.9 Å². The van der Waals surface area contributed by atoms with Gasteiger partial charge < -0.3 is 5.73 Å². The number of hydrogen-bond donors (Lipinski definition) is 1. The van der Waals surface area contributed by atoms with E-state index in [-0.39, 0.29) is 10.6 Å². The highest BCUT2D eigenvalue weighted by Gasteiger charge is 2.12. The predicted molar refractivity (Wildman–Crippen MR) is 70.4 cm³/mol. The van der Waals surface area contributed by atoms with Crippen LogP contribution in [0.2, 0.25) is 0 Å². The van der Waals surface area contributed by atoms with Crippen molar-refractivity contribution in [3.05, 3.63) is 65.2 Å². The van der Waals surface area contributed by atoms with E-state index in [1.165, 1.54) is 6.07 Å². The summed E-state index contributed by atoms with van der Waals surface area (Å²) < 4.78 is 52.3. The Kier molecular flexibility index (Phi) is 4.67. The van der Waals surface area contributed by atoms with E-state index in [9.17, 15) is 17.6 Å². The standard InChI is InChI=1S/C14H11F4NS/c15-9-2-4-11(17)14(6-9)20-7-13(19)8-1-3-10(16)12(18)5-8/h1-6,13H,7,19H2. The van der Waals surface area contributed by atoms with Gasteiger partial charge in [0.25, 0.3) is 0 Å². The third kappa shape index (κ3) is 3.52. The fourth-order valence-electron chi connectivity index (χ4n) is 1.61. The van der Waals surface area contributed by atoms with E-state index in [2.05, 4.69) is 0 Å².